The van der Waals surface area contributed by atoms with Crippen LogP contribution in [0.15, 0.2) is 12.4 Å². The zero-order chi connectivity index (χ0) is 11.5. The Morgan fingerprint density at radius 2 is 2.00 bits per heavy atom. The first kappa shape index (κ1) is 10.8. The lowest BCUT2D eigenvalue weighted by Crippen LogP contribution is -2.48. The minimum atomic E-state index is -0.529. The molecule has 6 heteroatoms. The third kappa shape index (κ3) is 2.26. The van der Waals surface area contributed by atoms with Crippen LogP contribution in [-0.4, -0.2) is 47.0 Å². The number of piperazine rings is 1. The Labute approximate surface area is 92.9 Å². The van der Waals surface area contributed by atoms with Gasteiger partial charge in [-0.3, -0.25) is 4.79 Å². The molecule has 1 aliphatic heterocycles. The maximum Gasteiger partial charge on any atom is 0.219 e. The SMILES string of the molecule is CC(=O)N1CCN(c2cc(F)ncn2)CC1. The van der Waals surface area contributed by atoms with Gasteiger partial charge >= 0.3 is 0 Å². The van der Waals surface area contributed by atoms with Crippen molar-refractivity contribution in [2.75, 3.05) is 31.1 Å². The highest BCUT2D eigenvalue weighted by Crippen LogP contribution is 2.13. The van der Waals surface area contributed by atoms with E-state index >= 15 is 0 Å². The predicted octanol–water partition coefficient (Wildman–Crippen LogP) is 0.284. The van der Waals surface area contributed by atoms with Crippen molar-refractivity contribution in [3.05, 3.63) is 18.3 Å². The second-order valence-corrected chi connectivity index (χ2v) is 3.69. The predicted molar refractivity (Wildman–Crippen MR) is 56.5 cm³/mol. The van der Waals surface area contributed by atoms with Crippen LogP contribution in [0.3, 0.4) is 0 Å². The lowest BCUT2D eigenvalue weighted by atomic mass is 10.3. The lowest BCUT2D eigenvalue weighted by molar-refractivity contribution is -0.129. The highest BCUT2D eigenvalue weighted by atomic mass is 19.1. The second-order valence-electron chi connectivity index (χ2n) is 3.69. The van der Waals surface area contributed by atoms with Crippen LogP contribution in [0.4, 0.5) is 10.2 Å². The molecule has 1 fully saturated rings. The third-order valence-electron chi connectivity index (χ3n) is 2.67. The largest absolute Gasteiger partial charge is 0.353 e. The first-order valence-electron chi connectivity index (χ1n) is 5.15. The molecule has 0 saturated carbocycles. The van der Waals surface area contributed by atoms with Gasteiger partial charge in [0.2, 0.25) is 11.9 Å². The molecule has 1 saturated heterocycles. The molecule has 1 aromatic heterocycles. The van der Waals surface area contributed by atoms with Gasteiger partial charge in [-0.25, -0.2) is 9.97 Å². The average molecular weight is 224 g/mol. The number of hydrogen-bond donors (Lipinski definition) is 0. The van der Waals surface area contributed by atoms with E-state index in [-0.39, 0.29) is 5.91 Å². The van der Waals surface area contributed by atoms with Crippen LogP contribution in [0, 0.1) is 5.95 Å². The molecule has 1 aromatic rings. The van der Waals surface area contributed by atoms with Crippen LogP contribution in [0.1, 0.15) is 6.92 Å². The van der Waals surface area contributed by atoms with Gasteiger partial charge in [-0.2, -0.15) is 4.39 Å². The minimum Gasteiger partial charge on any atom is -0.353 e. The molecule has 0 aromatic carbocycles. The van der Waals surface area contributed by atoms with Crippen molar-refractivity contribution >= 4 is 11.7 Å². The van der Waals surface area contributed by atoms with Crippen LogP contribution in [0.25, 0.3) is 0 Å². The van der Waals surface area contributed by atoms with Gasteiger partial charge in [-0.15, -0.1) is 0 Å². The molecule has 1 aliphatic rings. The molecule has 0 unspecified atom stereocenters. The van der Waals surface area contributed by atoms with Gasteiger partial charge in [0.05, 0.1) is 0 Å². The monoisotopic (exact) mass is 224 g/mol. The normalized spacial score (nSPS) is 16.4. The van der Waals surface area contributed by atoms with Crippen molar-refractivity contribution in [1.29, 1.82) is 0 Å². The molecule has 2 heterocycles. The van der Waals surface area contributed by atoms with Gasteiger partial charge < -0.3 is 9.80 Å². The number of hydrogen-bond acceptors (Lipinski definition) is 4. The smallest absolute Gasteiger partial charge is 0.219 e. The lowest BCUT2D eigenvalue weighted by Gasteiger charge is -2.34. The van der Waals surface area contributed by atoms with Gasteiger partial charge in [-0.1, -0.05) is 0 Å². The molecule has 0 bridgehead atoms. The summed E-state index contributed by atoms with van der Waals surface area (Å²) in [5.74, 6) is 0.128. The quantitative estimate of drug-likeness (QED) is 0.643. The summed E-state index contributed by atoms with van der Waals surface area (Å²) in [4.78, 5) is 22.3. The van der Waals surface area contributed by atoms with Crippen molar-refractivity contribution in [2.45, 2.75) is 6.92 Å². The Morgan fingerprint density at radius 1 is 1.31 bits per heavy atom. The summed E-state index contributed by atoms with van der Waals surface area (Å²) in [6.07, 6.45) is 1.21. The molecule has 0 aliphatic carbocycles. The Bertz CT molecular complexity index is 390. The Morgan fingerprint density at radius 3 is 2.56 bits per heavy atom. The number of carbonyl (C=O) groups excluding carboxylic acids is 1. The first-order chi connectivity index (χ1) is 7.66. The Balaban J connectivity index is 2.01. The fourth-order valence-corrected chi connectivity index (χ4v) is 1.75. The summed E-state index contributed by atoms with van der Waals surface area (Å²) in [6.45, 7) is 4.22. The summed E-state index contributed by atoms with van der Waals surface area (Å²) in [5.41, 5.74) is 0. The standard InChI is InChI=1S/C10H13FN4O/c1-8(16)14-2-4-15(5-3-14)10-6-9(11)12-7-13-10/h6-7H,2-5H2,1H3. The molecular formula is C10H13FN4O. The van der Waals surface area contributed by atoms with E-state index in [1.807, 2.05) is 4.90 Å². The molecule has 0 N–H and O–H groups in total. The summed E-state index contributed by atoms with van der Waals surface area (Å²) in [6, 6.07) is 1.31. The van der Waals surface area contributed by atoms with Gasteiger partial charge in [0.15, 0.2) is 0 Å². The van der Waals surface area contributed by atoms with Crippen LogP contribution in [0.2, 0.25) is 0 Å². The van der Waals surface area contributed by atoms with Crippen LogP contribution >= 0.6 is 0 Å². The number of halogens is 1. The van der Waals surface area contributed by atoms with Crippen LogP contribution in [0.5, 0.6) is 0 Å². The van der Waals surface area contributed by atoms with E-state index in [0.29, 0.717) is 32.0 Å². The number of anilines is 1. The number of nitrogens with zero attached hydrogens (tertiary/aromatic N) is 4. The van der Waals surface area contributed by atoms with Crippen molar-refractivity contribution in [2.24, 2.45) is 0 Å². The molecule has 0 spiro atoms. The van der Waals surface area contributed by atoms with Gasteiger partial charge in [0.1, 0.15) is 12.1 Å². The zero-order valence-electron chi connectivity index (χ0n) is 9.06. The summed E-state index contributed by atoms with van der Waals surface area (Å²) >= 11 is 0. The molecule has 16 heavy (non-hydrogen) atoms. The van der Waals surface area contributed by atoms with E-state index in [9.17, 15) is 9.18 Å². The van der Waals surface area contributed by atoms with E-state index in [1.165, 1.54) is 12.4 Å². The second kappa shape index (κ2) is 4.42. The number of carbonyl (C=O) groups is 1. The fraction of sp³-hybridized carbons (Fsp3) is 0.500. The van der Waals surface area contributed by atoms with E-state index in [0.717, 1.165) is 0 Å². The summed E-state index contributed by atoms with van der Waals surface area (Å²) in [5, 5.41) is 0. The van der Waals surface area contributed by atoms with Crippen LogP contribution in [-0.2, 0) is 4.79 Å². The van der Waals surface area contributed by atoms with Crippen molar-refractivity contribution in [3.63, 3.8) is 0 Å². The fourth-order valence-electron chi connectivity index (χ4n) is 1.75. The highest BCUT2D eigenvalue weighted by molar-refractivity contribution is 5.73. The van der Waals surface area contributed by atoms with Crippen molar-refractivity contribution < 1.29 is 9.18 Å². The highest BCUT2D eigenvalue weighted by Gasteiger charge is 2.19. The number of aromatic nitrogens is 2. The topological polar surface area (TPSA) is 49.3 Å². The Kier molecular flexibility index (Phi) is 2.98. The average Bonchev–Trinajstić information content (AvgIpc) is 2.29. The molecule has 2 rings (SSSR count). The molecule has 86 valence electrons. The maximum atomic E-state index is 12.9. The third-order valence-corrected chi connectivity index (χ3v) is 2.67. The Hall–Kier alpha value is -1.72. The first-order valence-corrected chi connectivity index (χ1v) is 5.15. The molecule has 0 atom stereocenters. The minimum absolute atomic E-state index is 0.0773. The molecule has 0 radical (unpaired) electrons. The number of rotatable bonds is 1. The summed E-state index contributed by atoms with van der Waals surface area (Å²) in [7, 11) is 0. The number of amides is 1. The van der Waals surface area contributed by atoms with E-state index in [4.69, 9.17) is 0 Å². The maximum absolute atomic E-state index is 12.9. The van der Waals surface area contributed by atoms with E-state index < -0.39 is 5.95 Å². The van der Waals surface area contributed by atoms with Crippen LogP contribution < -0.4 is 4.90 Å². The molecule has 5 nitrogen and oxygen atoms in total. The summed E-state index contributed by atoms with van der Waals surface area (Å²) < 4.78 is 12.9. The van der Waals surface area contributed by atoms with Gasteiger partial charge in [0, 0.05) is 39.2 Å². The van der Waals surface area contributed by atoms with E-state index in [1.54, 1.807) is 11.8 Å². The zero-order valence-corrected chi connectivity index (χ0v) is 9.06. The van der Waals surface area contributed by atoms with Gasteiger partial charge in [0.25, 0.3) is 0 Å². The molecular weight excluding hydrogens is 211 g/mol. The van der Waals surface area contributed by atoms with E-state index in [2.05, 4.69) is 9.97 Å². The van der Waals surface area contributed by atoms with Gasteiger partial charge in [-0.05, 0) is 0 Å². The molecule has 1 amide bonds. The van der Waals surface area contributed by atoms with Crippen molar-refractivity contribution in [1.82, 2.24) is 14.9 Å². The van der Waals surface area contributed by atoms with Crippen molar-refractivity contribution in [3.8, 4) is 0 Å².